The van der Waals surface area contributed by atoms with Crippen LogP contribution < -0.4 is 9.64 Å². The van der Waals surface area contributed by atoms with Gasteiger partial charge in [-0.2, -0.15) is 0 Å². The first-order valence-corrected chi connectivity index (χ1v) is 16.3. The highest BCUT2D eigenvalue weighted by Crippen LogP contribution is 2.49. The third kappa shape index (κ3) is 5.65. The maximum Gasteiger partial charge on any atom is 0.335 e. The second-order valence-corrected chi connectivity index (χ2v) is 12.6. The molecule has 4 aromatic rings. The van der Waals surface area contributed by atoms with Crippen molar-refractivity contribution in [2.24, 2.45) is 0 Å². The van der Waals surface area contributed by atoms with Crippen LogP contribution >= 0.6 is 0 Å². The number of nitrogens with zero attached hydrogens (tertiary/aromatic N) is 3. The molecule has 0 radical (unpaired) electrons. The first kappa shape index (κ1) is 28.0. The average molecular weight is 578 g/mol. The molecule has 224 valence electrons. The normalized spacial score (nSPS) is 17.6. The summed E-state index contributed by atoms with van der Waals surface area (Å²) in [5.74, 6) is 0.556. The van der Waals surface area contributed by atoms with Gasteiger partial charge in [-0.1, -0.05) is 68.1 Å². The minimum atomic E-state index is -0.880. The van der Waals surface area contributed by atoms with Crippen LogP contribution in [0.1, 0.15) is 78.8 Å². The number of rotatable bonds is 8. The molecule has 0 spiro atoms. The van der Waals surface area contributed by atoms with Crippen LogP contribution in [0.25, 0.3) is 22.2 Å². The lowest BCUT2D eigenvalue weighted by Gasteiger charge is -2.32. The molecule has 3 aromatic carbocycles. The zero-order valence-electron chi connectivity index (χ0n) is 25.1. The van der Waals surface area contributed by atoms with Crippen LogP contribution in [-0.4, -0.2) is 53.3 Å². The molecule has 1 N–H and O–H groups in total. The van der Waals surface area contributed by atoms with Crippen LogP contribution in [0, 0.1) is 0 Å². The number of para-hydroxylation sites is 1. The van der Waals surface area contributed by atoms with Gasteiger partial charge < -0.3 is 24.2 Å². The number of carbonyl (C=O) groups is 1. The van der Waals surface area contributed by atoms with E-state index in [2.05, 4.69) is 69.0 Å². The van der Waals surface area contributed by atoms with Crippen molar-refractivity contribution < 1.29 is 14.6 Å². The SMILES string of the molecule is O=C(O)c1ccc2c(C3CCCCC3)c3n(c2c1)CCOc1c-3cccc1N(CCN1CCCCC1)Cc1ccccc1. The molecular formula is C37H43N3O3. The number of piperidine rings is 1. The molecule has 7 rings (SSSR count). The van der Waals surface area contributed by atoms with Crippen molar-refractivity contribution in [1.29, 1.82) is 0 Å². The lowest BCUT2D eigenvalue weighted by molar-refractivity contribution is 0.0697. The van der Waals surface area contributed by atoms with E-state index in [1.807, 2.05) is 6.07 Å². The Bertz CT molecular complexity index is 1580. The number of anilines is 1. The van der Waals surface area contributed by atoms with Crippen molar-refractivity contribution >= 4 is 22.6 Å². The summed E-state index contributed by atoms with van der Waals surface area (Å²) in [6.07, 6.45) is 10.1. The number of ether oxygens (including phenoxy) is 1. The molecule has 0 unspecified atom stereocenters. The van der Waals surface area contributed by atoms with E-state index >= 15 is 0 Å². The lowest BCUT2D eigenvalue weighted by Crippen LogP contribution is -2.38. The van der Waals surface area contributed by atoms with Gasteiger partial charge in [-0.15, -0.1) is 0 Å². The molecule has 1 saturated carbocycles. The molecule has 0 amide bonds. The smallest absolute Gasteiger partial charge is 0.335 e. The Labute approximate surface area is 254 Å². The predicted molar refractivity (Wildman–Crippen MR) is 173 cm³/mol. The fraction of sp³-hybridized carbons (Fsp3) is 0.432. The molecule has 1 aromatic heterocycles. The standard InChI is InChI=1S/C37H43N3O3/c41-37(42)29-17-18-30-33(25-29)40-23-24-43-36-31(35(40)34(30)28-13-6-2-7-14-28)15-10-16-32(36)39(26-27-11-4-1-5-12-27)22-21-38-19-8-3-9-20-38/h1,4-5,10-12,15-18,25,28H,2-3,6-9,13-14,19-24,26H2,(H,41,42). The molecule has 3 aliphatic rings. The van der Waals surface area contributed by atoms with Crippen LogP contribution in [-0.2, 0) is 13.1 Å². The number of hydrogen-bond donors (Lipinski definition) is 1. The number of fused-ring (bicyclic) bond motifs is 5. The molecule has 43 heavy (non-hydrogen) atoms. The van der Waals surface area contributed by atoms with E-state index in [-0.39, 0.29) is 0 Å². The van der Waals surface area contributed by atoms with Gasteiger partial charge in [0.05, 0.1) is 23.5 Å². The predicted octanol–water partition coefficient (Wildman–Crippen LogP) is 7.94. The van der Waals surface area contributed by atoms with Crippen LogP contribution in [0.4, 0.5) is 5.69 Å². The minimum Gasteiger partial charge on any atom is -0.489 e. The fourth-order valence-corrected chi connectivity index (χ4v) is 7.72. The summed E-state index contributed by atoms with van der Waals surface area (Å²) < 4.78 is 9.07. The van der Waals surface area contributed by atoms with Gasteiger partial charge in [0.15, 0.2) is 5.75 Å². The van der Waals surface area contributed by atoms with E-state index in [4.69, 9.17) is 4.74 Å². The summed E-state index contributed by atoms with van der Waals surface area (Å²) in [5.41, 5.74) is 7.56. The van der Waals surface area contributed by atoms with Crippen LogP contribution in [0.15, 0.2) is 66.7 Å². The third-order valence-corrected chi connectivity index (χ3v) is 9.87. The maximum atomic E-state index is 12.0. The molecule has 6 nitrogen and oxygen atoms in total. The molecule has 3 heterocycles. The Morgan fingerprint density at radius 3 is 2.47 bits per heavy atom. The zero-order chi connectivity index (χ0) is 29.2. The van der Waals surface area contributed by atoms with E-state index in [1.165, 1.54) is 86.7 Å². The summed E-state index contributed by atoms with van der Waals surface area (Å²) in [6.45, 7) is 6.43. The molecule has 6 heteroatoms. The van der Waals surface area contributed by atoms with Crippen molar-refractivity contribution in [2.45, 2.75) is 70.4 Å². The monoisotopic (exact) mass is 577 g/mol. The zero-order valence-corrected chi connectivity index (χ0v) is 25.1. The third-order valence-electron chi connectivity index (χ3n) is 9.87. The lowest BCUT2D eigenvalue weighted by atomic mass is 9.81. The van der Waals surface area contributed by atoms with Gasteiger partial charge in [0.2, 0.25) is 0 Å². The van der Waals surface area contributed by atoms with Gasteiger partial charge in [-0.05, 0) is 80.1 Å². The minimum absolute atomic E-state index is 0.342. The number of benzene rings is 3. The van der Waals surface area contributed by atoms with E-state index in [9.17, 15) is 9.90 Å². The van der Waals surface area contributed by atoms with Crippen molar-refractivity contribution in [2.75, 3.05) is 37.7 Å². The Balaban J connectivity index is 1.35. The van der Waals surface area contributed by atoms with E-state index in [0.717, 1.165) is 42.2 Å². The highest BCUT2D eigenvalue weighted by Gasteiger charge is 2.31. The van der Waals surface area contributed by atoms with Crippen LogP contribution in [0.2, 0.25) is 0 Å². The van der Waals surface area contributed by atoms with Crippen LogP contribution in [0.3, 0.4) is 0 Å². The van der Waals surface area contributed by atoms with Gasteiger partial charge in [-0.3, -0.25) is 0 Å². The van der Waals surface area contributed by atoms with Gasteiger partial charge in [-0.25, -0.2) is 4.79 Å². The summed E-state index contributed by atoms with van der Waals surface area (Å²) in [6, 6.07) is 23.2. The van der Waals surface area contributed by atoms with Crippen molar-refractivity contribution in [3.8, 4) is 17.0 Å². The average Bonchev–Trinajstić information content (AvgIpc) is 3.25. The summed E-state index contributed by atoms with van der Waals surface area (Å²) in [4.78, 5) is 17.1. The quantitative estimate of drug-likeness (QED) is 0.230. The van der Waals surface area contributed by atoms with Gasteiger partial charge in [0.25, 0.3) is 0 Å². The summed E-state index contributed by atoms with van der Waals surface area (Å²) in [7, 11) is 0. The number of hydrogen-bond acceptors (Lipinski definition) is 4. The van der Waals surface area contributed by atoms with Gasteiger partial charge >= 0.3 is 5.97 Å². The fourth-order valence-electron chi connectivity index (χ4n) is 7.72. The molecule has 1 saturated heterocycles. The van der Waals surface area contributed by atoms with Crippen LogP contribution in [0.5, 0.6) is 5.75 Å². The van der Waals surface area contributed by atoms with E-state index in [1.54, 1.807) is 6.07 Å². The van der Waals surface area contributed by atoms with Crippen molar-refractivity contribution in [3.05, 3.63) is 83.4 Å². The number of aromatic nitrogens is 1. The molecule has 0 atom stereocenters. The van der Waals surface area contributed by atoms with Crippen molar-refractivity contribution in [1.82, 2.24) is 9.47 Å². The highest BCUT2D eigenvalue weighted by atomic mass is 16.5. The molecule has 1 aliphatic carbocycles. The topological polar surface area (TPSA) is 57.9 Å². The Morgan fingerprint density at radius 1 is 0.884 bits per heavy atom. The molecular weight excluding hydrogens is 534 g/mol. The summed E-state index contributed by atoms with van der Waals surface area (Å²) >= 11 is 0. The molecule has 0 bridgehead atoms. The number of likely N-dealkylation sites (tertiary alicyclic amines) is 1. The second kappa shape index (κ2) is 12.5. The largest absolute Gasteiger partial charge is 0.489 e. The summed E-state index contributed by atoms with van der Waals surface area (Å²) in [5, 5.41) is 11.0. The highest BCUT2D eigenvalue weighted by molar-refractivity contribution is 5.99. The van der Waals surface area contributed by atoms with Gasteiger partial charge in [0.1, 0.15) is 6.61 Å². The Hall–Kier alpha value is -3.77. The van der Waals surface area contributed by atoms with E-state index < -0.39 is 5.97 Å². The first-order valence-electron chi connectivity index (χ1n) is 16.3. The first-order chi connectivity index (χ1) is 21.2. The number of carboxylic acids is 1. The number of carboxylic acid groups (broad SMARTS) is 1. The van der Waals surface area contributed by atoms with E-state index in [0.29, 0.717) is 24.6 Å². The Morgan fingerprint density at radius 2 is 1.67 bits per heavy atom. The Kier molecular flexibility index (Phi) is 8.12. The van der Waals surface area contributed by atoms with Gasteiger partial charge in [0, 0.05) is 36.1 Å². The second-order valence-electron chi connectivity index (χ2n) is 12.6. The van der Waals surface area contributed by atoms with Crippen molar-refractivity contribution in [3.63, 3.8) is 0 Å². The molecule has 2 aliphatic heterocycles. The number of aromatic carboxylic acids is 1. The molecule has 2 fully saturated rings. The maximum absolute atomic E-state index is 12.0.